The highest BCUT2D eigenvalue weighted by Crippen LogP contribution is 2.24. The van der Waals surface area contributed by atoms with Crippen LogP contribution in [0.25, 0.3) is 0 Å². The summed E-state index contributed by atoms with van der Waals surface area (Å²) >= 11 is 0. The molecule has 1 N–H and O–H groups in total. The summed E-state index contributed by atoms with van der Waals surface area (Å²) in [7, 11) is -3.22. The number of hydrogen-bond acceptors (Lipinski definition) is 3. The highest BCUT2D eigenvalue weighted by atomic mass is 32.2. The van der Waals surface area contributed by atoms with E-state index in [0.717, 1.165) is 19.3 Å². The molecule has 0 spiro atoms. The molecule has 0 aliphatic carbocycles. The lowest BCUT2D eigenvalue weighted by Gasteiger charge is -2.18. The molecular formula is C18H28N2O3S. The Kier molecular flexibility index (Phi) is 6.27. The lowest BCUT2D eigenvalue weighted by atomic mass is 10.0. The molecule has 1 heterocycles. The fourth-order valence-electron chi connectivity index (χ4n) is 2.94. The third kappa shape index (κ3) is 4.97. The maximum atomic E-state index is 12.4. The van der Waals surface area contributed by atoms with Crippen molar-refractivity contribution in [3.63, 3.8) is 0 Å². The van der Waals surface area contributed by atoms with E-state index in [1.165, 1.54) is 4.31 Å². The summed E-state index contributed by atoms with van der Waals surface area (Å²) in [6.07, 6.45) is 3.82. The van der Waals surface area contributed by atoms with Gasteiger partial charge in [-0.25, -0.2) is 8.42 Å². The van der Waals surface area contributed by atoms with Gasteiger partial charge in [-0.2, -0.15) is 0 Å². The smallest absolute Gasteiger partial charge is 0.251 e. The van der Waals surface area contributed by atoms with Gasteiger partial charge in [0.1, 0.15) is 0 Å². The largest absolute Gasteiger partial charge is 0.350 e. The Bertz CT molecular complexity index is 671. The molecule has 6 heteroatoms. The van der Waals surface area contributed by atoms with E-state index in [1.54, 1.807) is 24.3 Å². The minimum Gasteiger partial charge on any atom is -0.350 e. The molecule has 0 radical (unpaired) electrons. The van der Waals surface area contributed by atoms with E-state index < -0.39 is 10.0 Å². The number of hydrogen-bond donors (Lipinski definition) is 1. The number of carbonyl (C=O) groups excluding carboxylic acids is 1. The first kappa shape index (κ1) is 18.8. The summed E-state index contributed by atoms with van der Waals surface area (Å²) < 4.78 is 25.4. The van der Waals surface area contributed by atoms with Crippen molar-refractivity contribution in [3.8, 4) is 0 Å². The van der Waals surface area contributed by atoms with Gasteiger partial charge in [0.05, 0.1) is 11.4 Å². The summed E-state index contributed by atoms with van der Waals surface area (Å²) in [6, 6.07) is 6.98. The van der Waals surface area contributed by atoms with Crippen LogP contribution in [-0.2, 0) is 10.0 Å². The fraction of sp³-hybridized carbons (Fsp3) is 0.611. The van der Waals surface area contributed by atoms with Crippen LogP contribution >= 0.6 is 0 Å². The van der Waals surface area contributed by atoms with Crippen molar-refractivity contribution in [2.45, 2.75) is 52.5 Å². The van der Waals surface area contributed by atoms with E-state index in [4.69, 9.17) is 0 Å². The summed E-state index contributed by atoms with van der Waals surface area (Å²) in [6.45, 7) is 6.88. The second kappa shape index (κ2) is 8.01. The van der Waals surface area contributed by atoms with Crippen LogP contribution in [0.5, 0.6) is 0 Å². The van der Waals surface area contributed by atoms with Gasteiger partial charge in [0, 0.05) is 18.2 Å². The Hall–Kier alpha value is -1.56. The molecule has 1 unspecified atom stereocenters. The number of carbonyl (C=O) groups is 1. The molecule has 1 amide bonds. The van der Waals surface area contributed by atoms with E-state index in [-0.39, 0.29) is 17.7 Å². The number of benzene rings is 1. The average molecular weight is 353 g/mol. The first-order valence-corrected chi connectivity index (χ1v) is 10.3. The second-order valence-electron chi connectivity index (χ2n) is 6.99. The fourth-order valence-corrected chi connectivity index (χ4v) is 4.50. The van der Waals surface area contributed by atoms with Crippen LogP contribution < -0.4 is 9.62 Å². The molecule has 2 rings (SSSR count). The topological polar surface area (TPSA) is 66.5 Å². The molecule has 1 aromatic carbocycles. The molecular weight excluding hydrogens is 324 g/mol. The number of rotatable bonds is 7. The Balaban J connectivity index is 1.99. The van der Waals surface area contributed by atoms with Crippen LogP contribution in [0.3, 0.4) is 0 Å². The van der Waals surface area contributed by atoms with Gasteiger partial charge in [-0.1, -0.05) is 32.8 Å². The molecule has 1 fully saturated rings. The first-order valence-electron chi connectivity index (χ1n) is 8.71. The predicted molar refractivity (Wildman–Crippen MR) is 97.8 cm³/mol. The molecule has 0 bridgehead atoms. The Morgan fingerprint density at radius 3 is 2.62 bits per heavy atom. The van der Waals surface area contributed by atoms with Crippen molar-refractivity contribution in [2.75, 3.05) is 16.6 Å². The quantitative estimate of drug-likeness (QED) is 0.819. The molecule has 5 nitrogen and oxygen atoms in total. The lowest BCUT2D eigenvalue weighted by molar-refractivity contribution is 0.0938. The van der Waals surface area contributed by atoms with Crippen molar-refractivity contribution in [2.24, 2.45) is 5.92 Å². The number of anilines is 1. The van der Waals surface area contributed by atoms with Gasteiger partial charge in [-0.3, -0.25) is 9.10 Å². The van der Waals surface area contributed by atoms with Gasteiger partial charge in [0.15, 0.2) is 0 Å². The molecule has 1 saturated heterocycles. The van der Waals surface area contributed by atoms with E-state index in [0.29, 0.717) is 30.1 Å². The van der Waals surface area contributed by atoms with Gasteiger partial charge >= 0.3 is 0 Å². The van der Waals surface area contributed by atoms with Crippen molar-refractivity contribution in [3.05, 3.63) is 29.8 Å². The molecule has 1 atom stereocenters. The number of nitrogens with zero attached hydrogens (tertiary/aromatic N) is 1. The van der Waals surface area contributed by atoms with Gasteiger partial charge in [-0.15, -0.1) is 0 Å². The first-order chi connectivity index (χ1) is 11.3. The standard InChI is InChI=1S/C18H28N2O3S/c1-14(2)7-4-8-15(3)19-18(21)16-9-5-10-17(13-16)20-11-6-12-24(20,22)23/h5,9-10,13-15H,4,6-8,11-12H2,1-3H3,(H,19,21). The highest BCUT2D eigenvalue weighted by Gasteiger charge is 2.28. The monoisotopic (exact) mass is 352 g/mol. The van der Waals surface area contributed by atoms with E-state index in [2.05, 4.69) is 19.2 Å². The van der Waals surface area contributed by atoms with Crippen LogP contribution in [0.15, 0.2) is 24.3 Å². The highest BCUT2D eigenvalue weighted by molar-refractivity contribution is 7.93. The summed E-state index contributed by atoms with van der Waals surface area (Å²) in [5.41, 5.74) is 1.08. The second-order valence-corrected chi connectivity index (χ2v) is 9.00. The Morgan fingerprint density at radius 1 is 1.25 bits per heavy atom. The van der Waals surface area contributed by atoms with Crippen molar-refractivity contribution in [1.29, 1.82) is 0 Å². The molecule has 24 heavy (non-hydrogen) atoms. The molecule has 0 aromatic heterocycles. The minimum absolute atomic E-state index is 0.107. The van der Waals surface area contributed by atoms with Crippen LogP contribution in [0, 0.1) is 5.92 Å². The third-order valence-corrected chi connectivity index (χ3v) is 6.16. The Morgan fingerprint density at radius 2 is 2.00 bits per heavy atom. The molecule has 134 valence electrons. The van der Waals surface area contributed by atoms with Crippen LogP contribution in [-0.4, -0.2) is 32.7 Å². The number of sulfonamides is 1. The minimum atomic E-state index is -3.22. The summed E-state index contributed by atoms with van der Waals surface area (Å²) in [5, 5.41) is 3.00. The van der Waals surface area contributed by atoms with Crippen molar-refractivity contribution >= 4 is 21.6 Å². The summed E-state index contributed by atoms with van der Waals surface area (Å²) in [5.74, 6) is 0.702. The SMILES string of the molecule is CC(C)CCCC(C)NC(=O)c1cccc(N2CCCS2(=O)=O)c1. The molecule has 1 aromatic rings. The van der Waals surface area contributed by atoms with E-state index in [1.807, 2.05) is 6.92 Å². The van der Waals surface area contributed by atoms with Crippen molar-refractivity contribution in [1.82, 2.24) is 5.32 Å². The van der Waals surface area contributed by atoms with Gasteiger partial charge < -0.3 is 5.32 Å². The predicted octanol–water partition coefficient (Wildman–Crippen LogP) is 3.17. The maximum Gasteiger partial charge on any atom is 0.251 e. The summed E-state index contributed by atoms with van der Waals surface area (Å²) in [4.78, 5) is 12.4. The zero-order valence-electron chi connectivity index (χ0n) is 14.8. The molecule has 0 saturated carbocycles. The van der Waals surface area contributed by atoms with Gasteiger partial charge in [0.2, 0.25) is 10.0 Å². The lowest BCUT2D eigenvalue weighted by Crippen LogP contribution is -2.33. The van der Waals surface area contributed by atoms with Crippen molar-refractivity contribution < 1.29 is 13.2 Å². The maximum absolute atomic E-state index is 12.4. The van der Waals surface area contributed by atoms with Crippen LogP contribution in [0.2, 0.25) is 0 Å². The third-order valence-electron chi connectivity index (χ3n) is 4.29. The number of amides is 1. The Labute approximate surface area is 145 Å². The normalized spacial score (nSPS) is 17.9. The molecule has 1 aliphatic rings. The van der Waals surface area contributed by atoms with Gasteiger partial charge in [-0.05, 0) is 43.9 Å². The van der Waals surface area contributed by atoms with Gasteiger partial charge in [0.25, 0.3) is 5.91 Å². The van der Waals surface area contributed by atoms with E-state index >= 15 is 0 Å². The average Bonchev–Trinajstić information content (AvgIpc) is 2.86. The van der Waals surface area contributed by atoms with Crippen LogP contribution in [0.4, 0.5) is 5.69 Å². The van der Waals surface area contributed by atoms with E-state index in [9.17, 15) is 13.2 Å². The zero-order chi connectivity index (χ0) is 17.7. The van der Waals surface area contributed by atoms with Crippen LogP contribution in [0.1, 0.15) is 56.8 Å². The molecule has 1 aliphatic heterocycles. The number of nitrogens with one attached hydrogen (secondary N) is 1. The zero-order valence-corrected chi connectivity index (χ0v) is 15.6.